The molecule has 0 spiro atoms. The van der Waals surface area contributed by atoms with Crippen molar-refractivity contribution in [1.29, 1.82) is 0 Å². The lowest BCUT2D eigenvalue weighted by molar-refractivity contribution is -0.0156. The third-order valence-electron chi connectivity index (χ3n) is 2.84. The fourth-order valence-corrected chi connectivity index (χ4v) is 2.36. The number of hydrogen-bond donors (Lipinski definition) is 0. The van der Waals surface area contributed by atoms with E-state index in [1.54, 1.807) is 0 Å². The van der Waals surface area contributed by atoms with Crippen LogP contribution in [0.15, 0.2) is 18.7 Å². The molecule has 1 saturated heterocycles. The molecule has 2 heterocycles. The molecule has 0 aliphatic carbocycles. The number of nitrogens with zero attached hydrogens (tertiary/aromatic N) is 3. The summed E-state index contributed by atoms with van der Waals surface area (Å²) in [6, 6.07) is 0. The Labute approximate surface area is 105 Å². The van der Waals surface area contributed by atoms with Crippen molar-refractivity contribution in [2.24, 2.45) is 0 Å². The Hall–Kier alpha value is -0.390. The summed E-state index contributed by atoms with van der Waals surface area (Å²) in [5.74, 6) is 0. The van der Waals surface area contributed by atoms with E-state index in [-0.39, 0.29) is 0 Å². The molecule has 0 bridgehead atoms. The Morgan fingerprint density at radius 1 is 1.44 bits per heavy atom. The van der Waals surface area contributed by atoms with Gasteiger partial charge in [-0.25, -0.2) is 4.98 Å². The summed E-state index contributed by atoms with van der Waals surface area (Å²) in [5, 5.41) is 0.936. The molecule has 16 heavy (non-hydrogen) atoms. The number of aryl methyl sites for hydroxylation is 1. The van der Waals surface area contributed by atoms with Crippen LogP contribution in [0.5, 0.6) is 0 Å². The summed E-state index contributed by atoms with van der Waals surface area (Å²) in [7, 11) is 0. The molecule has 1 aromatic heterocycles. The van der Waals surface area contributed by atoms with Gasteiger partial charge in [0.05, 0.1) is 19.0 Å². The van der Waals surface area contributed by atoms with Crippen LogP contribution in [0.3, 0.4) is 0 Å². The minimum atomic E-state index is 0.363. The standard InChI is InChI=1S/C11H18BrN3O/c12-8-11-9-14(6-7-16-11)3-1-4-15-5-2-13-10-15/h2,5,10-11H,1,3-4,6-9H2. The van der Waals surface area contributed by atoms with Crippen molar-refractivity contribution in [3.05, 3.63) is 18.7 Å². The highest BCUT2D eigenvalue weighted by Gasteiger charge is 2.18. The Bertz CT molecular complexity index is 291. The molecule has 0 aromatic carbocycles. The van der Waals surface area contributed by atoms with E-state index in [2.05, 4.69) is 30.4 Å². The molecule has 1 atom stereocenters. The fourth-order valence-electron chi connectivity index (χ4n) is 1.97. The number of morpholine rings is 1. The topological polar surface area (TPSA) is 30.3 Å². The Kier molecular flexibility index (Phi) is 4.81. The van der Waals surface area contributed by atoms with Gasteiger partial charge in [-0.3, -0.25) is 4.90 Å². The first-order valence-corrected chi connectivity index (χ1v) is 6.86. The minimum Gasteiger partial charge on any atom is -0.375 e. The number of halogens is 1. The van der Waals surface area contributed by atoms with Gasteiger partial charge in [0.1, 0.15) is 0 Å². The smallest absolute Gasteiger partial charge is 0.0945 e. The molecule has 0 N–H and O–H groups in total. The third kappa shape index (κ3) is 3.57. The first kappa shape index (κ1) is 12.1. The molecule has 1 aliphatic heterocycles. The summed E-state index contributed by atoms with van der Waals surface area (Å²) >= 11 is 3.47. The van der Waals surface area contributed by atoms with Crippen molar-refractivity contribution in [1.82, 2.24) is 14.5 Å². The van der Waals surface area contributed by atoms with Crippen molar-refractivity contribution in [3.8, 4) is 0 Å². The van der Waals surface area contributed by atoms with Crippen molar-refractivity contribution in [2.45, 2.75) is 19.1 Å². The lowest BCUT2D eigenvalue weighted by atomic mass is 10.3. The number of alkyl halides is 1. The van der Waals surface area contributed by atoms with Crippen molar-refractivity contribution in [3.63, 3.8) is 0 Å². The maximum absolute atomic E-state index is 5.61. The highest BCUT2D eigenvalue weighted by molar-refractivity contribution is 9.09. The van der Waals surface area contributed by atoms with E-state index in [0.717, 1.165) is 38.1 Å². The van der Waals surface area contributed by atoms with Gasteiger partial charge in [-0.05, 0) is 6.42 Å². The summed E-state index contributed by atoms with van der Waals surface area (Å²) in [4.78, 5) is 6.51. The average molecular weight is 288 g/mol. The molecule has 2 rings (SSSR count). The van der Waals surface area contributed by atoms with Crippen LogP contribution in [0, 0.1) is 0 Å². The van der Waals surface area contributed by atoms with Gasteiger partial charge >= 0.3 is 0 Å². The second kappa shape index (κ2) is 6.37. The summed E-state index contributed by atoms with van der Waals surface area (Å²) in [5.41, 5.74) is 0. The lowest BCUT2D eigenvalue weighted by Crippen LogP contribution is -2.43. The molecule has 5 heteroatoms. The van der Waals surface area contributed by atoms with Crippen LogP contribution in [-0.2, 0) is 11.3 Å². The van der Waals surface area contributed by atoms with Crippen LogP contribution < -0.4 is 0 Å². The molecule has 1 aromatic rings. The molecule has 4 nitrogen and oxygen atoms in total. The van der Waals surface area contributed by atoms with Crippen LogP contribution in [0.2, 0.25) is 0 Å². The van der Waals surface area contributed by atoms with Crippen molar-refractivity contribution < 1.29 is 4.74 Å². The van der Waals surface area contributed by atoms with Gasteiger partial charge in [-0.2, -0.15) is 0 Å². The second-order valence-corrected chi connectivity index (χ2v) is 4.75. The van der Waals surface area contributed by atoms with Crippen LogP contribution in [0.1, 0.15) is 6.42 Å². The molecular weight excluding hydrogens is 270 g/mol. The van der Waals surface area contributed by atoms with E-state index in [9.17, 15) is 0 Å². The number of rotatable bonds is 5. The number of aromatic nitrogens is 2. The molecule has 1 aliphatic rings. The minimum absolute atomic E-state index is 0.363. The molecule has 90 valence electrons. The van der Waals surface area contributed by atoms with Gasteiger partial charge < -0.3 is 9.30 Å². The third-order valence-corrected chi connectivity index (χ3v) is 3.57. The summed E-state index contributed by atoms with van der Waals surface area (Å²) < 4.78 is 7.73. The summed E-state index contributed by atoms with van der Waals surface area (Å²) in [6.45, 7) is 5.17. The van der Waals surface area contributed by atoms with Gasteiger partial charge in [-0.1, -0.05) is 15.9 Å². The fraction of sp³-hybridized carbons (Fsp3) is 0.727. The van der Waals surface area contributed by atoms with E-state index < -0.39 is 0 Å². The molecular formula is C11H18BrN3O. The molecule has 1 unspecified atom stereocenters. The van der Waals surface area contributed by atoms with Crippen LogP contribution in [0.25, 0.3) is 0 Å². The largest absolute Gasteiger partial charge is 0.375 e. The maximum atomic E-state index is 5.61. The van der Waals surface area contributed by atoms with Gasteiger partial charge in [0.2, 0.25) is 0 Å². The predicted octanol–water partition coefficient (Wildman–Crippen LogP) is 1.37. The van der Waals surface area contributed by atoms with Gasteiger partial charge in [-0.15, -0.1) is 0 Å². The number of hydrogen-bond acceptors (Lipinski definition) is 3. The van der Waals surface area contributed by atoms with E-state index in [1.165, 1.54) is 6.42 Å². The Balaban J connectivity index is 1.65. The van der Waals surface area contributed by atoms with Crippen LogP contribution in [-0.4, -0.2) is 52.1 Å². The Morgan fingerprint density at radius 3 is 3.12 bits per heavy atom. The number of imidazole rings is 1. The van der Waals surface area contributed by atoms with E-state index in [1.807, 2.05) is 18.7 Å². The monoisotopic (exact) mass is 287 g/mol. The van der Waals surface area contributed by atoms with Crippen molar-refractivity contribution >= 4 is 15.9 Å². The summed E-state index contributed by atoms with van der Waals surface area (Å²) in [6.07, 6.45) is 7.25. The predicted molar refractivity (Wildman–Crippen MR) is 66.8 cm³/mol. The normalized spacial score (nSPS) is 22.4. The first-order chi connectivity index (χ1) is 7.88. The van der Waals surface area contributed by atoms with Crippen LogP contribution in [0.4, 0.5) is 0 Å². The molecule has 0 radical (unpaired) electrons. The quantitative estimate of drug-likeness (QED) is 0.767. The van der Waals surface area contributed by atoms with E-state index in [4.69, 9.17) is 4.74 Å². The molecule has 0 saturated carbocycles. The van der Waals surface area contributed by atoms with Gasteiger partial charge in [0, 0.05) is 43.9 Å². The zero-order valence-electron chi connectivity index (χ0n) is 9.39. The highest BCUT2D eigenvalue weighted by Crippen LogP contribution is 2.08. The average Bonchev–Trinajstić information content (AvgIpc) is 2.82. The molecule has 0 amide bonds. The van der Waals surface area contributed by atoms with Crippen molar-refractivity contribution in [2.75, 3.05) is 31.6 Å². The van der Waals surface area contributed by atoms with Gasteiger partial charge in [0.25, 0.3) is 0 Å². The highest BCUT2D eigenvalue weighted by atomic mass is 79.9. The van der Waals surface area contributed by atoms with Gasteiger partial charge in [0.15, 0.2) is 0 Å². The van der Waals surface area contributed by atoms with E-state index in [0.29, 0.717) is 6.10 Å². The zero-order valence-corrected chi connectivity index (χ0v) is 11.0. The molecule has 1 fully saturated rings. The lowest BCUT2D eigenvalue weighted by Gasteiger charge is -2.32. The zero-order chi connectivity index (χ0) is 11.2. The second-order valence-electron chi connectivity index (χ2n) is 4.10. The van der Waals surface area contributed by atoms with E-state index >= 15 is 0 Å². The van der Waals surface area contributed by atoms with Crippen LogP contribution >= 0.6 is 15.9 Å². The first-order valence-electron chi connectivity index (χ1n) is 5.74. The number of ether oxygens (including phenoxy) is 1. The maximum Gasteiger partial charge on any atom is 0.0945 e. The SMILES string of the molecule is BrCC1CN(CCCn2ccnc2)CCO1. The Morgan fingerprint density at radius 2 is 2.38 bits per heavy atom.